The minimum atomic E-state index is -0.114. The van der Waals surface area contributed by atoms with Crippen molar-refractivity contribution >= 4 is 17.2 Å². The van der Waals surface area contributed by atoms with Gasteiger partial charge in [-0.3, -0.25) is 4.79 Å². The molecule has 2 aromatic rings. The number of rotatable bonds is 8. The number of amides is 1. The molecule has 1 aromatic heterocycles. The molecule has 1 aromatic carbocycles. The van der Waals surface area contributed by atoms with E-state index in [9.17, 15) is 4.79 Å². The Kier molecular flexibility index (Phi) is 7.06. The lowest BCUT2D eigenvalue weighted by atomic mass is 10.1. The van der Waals surface area contributed by atoms with Crippen LogP contribution in [0, 0.1) is 0 Å². The van der Waals surface area contributed by atoms with Crippen LogP contribution in [0.25, 0.3) is 10.6 Å². The Morgan fingerprint density at radius 3 is 2.70 bits per heavy atom. The highest BCUT2D eigenvalue weighted by molar-refractivity contribution is 7.13. The van der Waals surface area contributed by atoms with E-state index in [0.717, 1.165) is 23.5 Å². The Labute approximate surface area is 164 Å². The third-order valence-electron chi connectivity index (χ3n) is 4.75. The zero-order valence-corrected chi connectivity index (χ0v) is 16.8. The quantitative estimate of drug-likeness (QED) is 0.701. The minimum absolute atomic E-state index is 0.114. The zero-order valence-electron chi connectivity index (χ0n) is 16.0. The van der Waals surface area contributed by atoms with E-state index < -0.39 is 0 Å². The standard InChI is InChI=1S/C20H27N3O3S/c1-25-17-8-7-15(13-18(17)26-2)20-22-16(14-27-20)19(24)21-9-6-12-23-10-4-3-5-11-23/h7-8,13-14H,3-6,9-12H2,1-2H3,(H,21,24). The van der Waals surface area contributed by atoms with Crippen molar-refractivity contribution < 1.29 is 14.3 Å². The van der Waals surface area contributed by atoms with Crippen molar-refractivity contribution in [2.45, 2.75) is 25.7 Å². The maximum atomic E-state index is 12.3. The van der Waals surface area contributed by atoms with Gasteiger partial charge < -0.3 is 19.7 Å². The van der Waals surface area contributed by atoms with Crippen molar-refractivity contribution in [2.24, 2.45) is 0 Å². The topological polar surface area (TPSA) is 63.7 Å². The SMILES string of the molecule is COc1ccc(-c2nc(C(=O)NCCCN3CCCCC3)cs2)cc1OC. The molecule has 1 aliphatic heterocycles. The van der Waals surface area contributed by atoms with Crippen molar-refractivity contribution in [2.75, 3.05) is 40.4 Å². The molecule has 6 nitrogen and oxygen atoms in total. The number of hydrogen-bond donors (Lipinski definition) is 1. The molecule has 0 unspecified atom stereocenters. The number of carbonyl (C=O) groups excluding carboxylic acids is 1. The summed E-state index contributed by atoms with van der Waals surface area (Å²) in [6.07, 6.45) is 4.91. The average molecular weight is 390 g/mol. The molecule has 7 heteroatoms. The van der Waals surface area contributed by atoms with E-state index in [-0.39, 0.29) is 5.91 Å². The number of aromatic nitrogens is 1. The third kappa shape index (κ3) is 5.20. The van der Waals surface area contributed by atoms with Gasteiger partial charge in [0, 0.05) is 17.5 Å². The van der Waals surface area contributed by atoms with Crippen LogP contribution in [-0.4, -0.2) is 56.2 Å². The van der Waals surface area contributed by atoms with Gasteiger partial charge in [-0.05, 0) is 57.1 Å². The summed E-state index contributed by atoms with van der Waals surface area (Å²) in [6, 6.07) is 5.63. The van der Waals surface area contributed by atoms with E-state index in [1.807, 2.05) is 18.2 Å². The van der Waals surface area contributed by atoms with Gasteiger partial charge in [-0.15, -0.1) is 11.3 Å². The second-order valence-corrected chi connectivity index (χ2v) is 7.48. The Balaban J connectivity index is 1.53. The first-order valence-corrected chi connectivity index (χ1v) is 10.3. The normalized spacial score (nSPS) is 14.7. The molecular formula is C20H27N3O3S. The number of piperidine rings is 1. The van der Waals surface area contributed by atoms with Crippen LogP contribution in [0.15, 0.2) is 23.6 Å². The lowest BCUT2D eigenvalue weighted by Gasteiger charge is -2.26. The van der Waals surface area contributed by atoms with Crippen LogP contribution in [0.2, 0.25) is 0 Å². The Morgan fingerprint density at radius 1 is 1.19 bits per heavy atom. The summed E-state index contributed by atoms with van der Waals surface area (Å²) in [5.74, 6) is 1.20. The summed E-state index contributed by atoms with van der Waals surface area (Å²) in [6.45, 7) is 4.11. The number of carbonyl (C=O) groups is 1. The molecule has 3 rings (SSSR count). The van der Waals surface area contributed by atoms with Gasteiger partial charge in [-0.2, -0.15) is 0 Å². The summed E-state index contributed by atoms with van der Waals surface area (Å²) >= 11 is 1.45. The van der Waals surface area contributed by atoms with E-state index >= 15 is 0 Å². The maximum Gasteiger partial charge on any atom is 0.270 e. The molecule has 0 bridgehead atoms. The van der Waals surface area contributed by atoms with Crippen LogP contribution in [0.4, 0.5) is 0 Å². The van der Waals surface area contributed by atoms with Gasteiger partial charge in [0.05, 0.1) is 14.2 Å². The first kappa shape index (κ1) is 19.6. The van der Waals surface area contributed by atoms with Crippen molar-refractivity contribution in [1.29, 1.82) is 0 Å². The molecule has 1 amide bonds. The highest BCUT2D eigenvalue weighted by Gasteiger charge is 2.14. The summed E-state index contributed by atoms with van der Waals surface area (Å²) < 4.78 is 10.6. The molecule has 0 atom stereocenters. The smallest absolute Gasteiger partial charge is 0.270 e. The van der Waals surface area contributed by atoms with Gasteiger partial charge in [-0.1, -0.05) is 6.42 Å². The Bertz CT molecular complexity index is 757. The molecule has 0 radical (unpaired) electrons. The third-order valence-corrected chi connectivity index (χ3v) is 5.64. The number of hydrogen-bond acceptors (Lipinski definition) is 6. The van der Waals surface area contributed by atoms with E-state index in [2.05, 4.69) is 15.2 Å². The maximum absolute atomic E-state index is 12.3. The molecule has 1 aliphatic rings. The molecular weight excluding hydrogens is 362 g/mol. The first-order valence-electron chi connectivity index (χ1n) is 9.39. The van der Waals surface area contributed by atoms with Crippen LogP contribution < -0.4 is 14.8 Å². The minimum Gasteiger partial charge on any atom is -0.493 e. The summed E-state index contributed by atoms with van der Waals surface area (Å²) in [4.78, 5) is 19.3. The molecule has 0 saturated carbocycles. The van der Waals surface area contributed by atoms with Crippen molar-refractivity contribution in [1.82, 2.24) is 15.2 Å². The van der Waals surface area contributed by atoms with Gasteiger partial charge in [0.2, 0.25) is 0 Å². The van der Waals surface area contributed by atoms with Gasteiger partial charge in [0.1, 0.15) is 10.7 Å². The van der Waals surface area contributed by atoms with Crippen LogP contribution in [0.1, 0.15) is 36.2 Å². The summed E-state index contributed by atoms with van der Waals surface area (Å²) in [5, 5.41) is 5.56. The second-order valence-electron chi connectivity index (χ2n) is 6.62. The fourth-order valence-electron chi connectivity index (χ4n) is 3.26. The number of nitrogens with zero attached hydrogens (tertiary/aromatic N) is 2. The monoisotopic (exact) mass is 389 g/mol. The highest BCUT2D eigenvalue weighted by Crippen LogP contribution is 2.33. The molecule has 27 heavy (non-hydrogen) atoms. The Morgan fingerprint density at radius 2 is 1.96 bits per heavy atom. The summed E-state index contributed by atoms with van der Waals surface area (Å²) in [5.41, 5.74) is 1.37. The van der Waals surface area contributed by atoms with Gasteiger partial charge >= 0.3 is 0 Å². The lowest BCUT2D eigenvalue weighted by molar-refractivity contribution is 0.0947. The lowest BCUT2D eigenvalue weighted by Crippen LogP contribution is -2.33. The fourth-order valence-corrected chi connectivity index (χ4v) is 4.06. The second kappa shape index (κ2) is 9.71. The molecule has 1 N–H and O–H groups in total. The Hall–Kier alpha value is -2.12. The van der Waals surface area contributed by atoms with Gasteiger partial charge in [0.15, 0.2) is 11.5 Å². The number of nitrogens with one attached hydrogen (secondary N) is 1. The van der Waals surface area contributed by atoms with Gasteiger partial charge in [0.25, 0.3) is 5.91 Å². The number of ether oxygens (including phenoxy) is 2. The number of methoxy groups -OCH3 is 2. The molecule has 1 fully saturated rings. The number of benzene rings is 1. The predicted octanol–water partition coefficient (Wildman–Crippen LogP) is 3.43. The zero-order chi connectivity index (χ0) is 19.1. The van der Waals surface area contributed by atoms with Crippen LogP contribution in [0.3, 0.4) is 0 Å². The van der Waals surface area contributed by atoms with Gasteiger partial charge in [-0.25, -0.2) is 4.98 Å². The van der Waals surface area contributed by atoms with Crippen molar-refractivity contribution in [3.63, 3.8) is 0 Å². The van der Waals surface area contributed by atoms with E-state index in [4.69, 9.17) is 9.47 Å². The molecule has 1 saturated heterocycles. The van der Waals surface area contributed by atoms with Crippen LogP contribution in [0.5, 0.6) is 11.5 Å². The predicted molar refractivity (Wildman–Crippen MR) is 108 cm³/mol. The van der Waals surface area contributed by atoms with E-state index in [1.165, 1.54) is 43.7 Å². The number of thiazole rings is 1. The molecule has 0 aliphatic carbocycles. The van der Waals surface area contributed by atoms with Crippen molar-refractivity contribution in [3.8, 4) is 22.1 Å². The fraction of sp³-hybridized carbons (Fsp3) is 0.500. The largest absolute Gasteiger partial charge is 0.493 e. The van der Waals surface area contributed by atoms with Crippen LogP contribution in [-0.2, 0) is 0 Å². The first-order chi connectivity index (χ1) is 13.2. The summed E-state index contributed by atoms with van der Waals surface area (Å²) in [7, 11) is 3.21. The number of likely N-dealkylation sites (tertiary alicyclic amines) is 1. The molecule has 0 spiro atoms. The molecule has 146 valence electrons. The van der Waals surface area contributed by atoms with E-state index in [1.54, 1.807) is 19.6 Å². The van der Waals surface area contributed by atoms with Crippen LogP contribution >= 0.6 is 11.3 Å². The average Bonchev–Trinajstić information content (AvgIpc) is 3.21. The van der Waals surface area contributed by atoms with Crippen molar-refractivity contribution in [3.05, 3.63) is 29.3 Å². The van der Waals surface area contributed by atoms with E-state index in [0.29, 0.717) is 23.7 Å². The highest BCUT2D eigenvalue weighted by atomic mass is 32.1. The molecule has 2 heterocycles.